The summed E-state index contributed by atoms with van der Waals surface area (Å²) in [6.45, 7) is 0. The fourth-order valence-electron chi connectivity index (χ4n) is 1.37. The van der Waals surface area contributed by atoms with E-state index in [1.54, 1.807) is 17.7 Å². The Morgan fingerprint density at radius 2 is 2.15 bits per heavy atom. The predicted octanol–water partition coefficient (Wildman–Crippen LogP) is 1.43. The van der Waals surface area contributed by atoms with Crippen LogP contribution in [0.1, 0.15) is 0 Å². The van der Waals surface area contributed by atoms with Crippen LogP contribution < -0.4 is 4.52 Å². The number of thiazole rings is 1. The molecule has 3 nitrogen and oxygen atoms in total. The molecule has 0 spiro atoms. The molecule has 0 unspecified atom stereocenters. The average molecular weight is 188 g/mol. The number of benzene rings is 1. The van der Waals surface area contributed by atoms with E-state index in [9.17, 15) is 0 Å². The quantitative estimate of drug-likeness (QED) is 0.499. The molecule has 4 heteroatoms. The van der Waals surface area contributed by atoms with Crippen LogP contribution in [-0.4, -0.2) is 10.1 Å². The lowest BCUT2D eigenvalue weighted by Crippen LogP contribution is -2.23. The van der Waals surface area contributed by atoms with Gasteiger partial charge in [-0.25, -0.2) is 4.98 Å². The standard InChI is InChI=1S/C9H6N3S/c1-2-4-8-7(3-1)12-9(13-8)5-10-6-11-12/h1-6H/q+1. The number of aromatic nitrogens is 3. The van der Waals surface area contributed by atoms with Gasteiger partial charge in [0.25, 0.3) is 5.52 Å². The van der Waals surface area contributed by atoms with Crippen molar-refractivity contribution in [3.05, 3.63) is 36.8 Å². The maximum Gasteiger partial charge on any atom is 0.313 e. The van der Waals surface area contributed by atoms with Gasteiger partial charge in [0, 0.05) is 11.2 Å². The van der Waals surface area contributed by atoms with E-state index >= 15 is 0 Å². The van der Waals surface area contributed by atoms with Crippen LogP contribution in [0.2, 0.25) is 0 Å². The highest BCUT2D eigenvalue weighted by molar-refractivity contribution is 7.23. The first-order valence-electron chi connectivity index (χ1n) is 3.95. The molecule has 1 aromatic carbocycles. The first-order chi connectivity index (χ1) is 6.45. The molecule has 13 heavy (non-hydrogen) atoms. The first-order valence-corrected chi connectivity index (χ1v) is 4.76. The van der Waals surface area contributed by atoms with E-state index in [4.69, 9.17) is 0 Å². The zero-order valence-corrected chi connectivity index (χ0v) is 7.53. The molecule has 3 rings (SSSR count). The fraction of sp³-hybridized carbons (Fsp3) is 0. The molecule has 0 saturated heterocycles. The normalized spacial score (nSPS) is 11.1. The smallest absolute Gasteiger partial charge is 0.231 e. The molecule has 0 fully saturated rings. The molecule has 2 aromatic heterocycles. The van der Waals surface area contributed by atoms with E-state index < -0.39 is 0 Å². The second-order valence-electron chi connectivity index (χ2n) is 2.73. The lowest BCUT2D eigenvalue weighted by atomic mass is 10.3. The largest absolute Gasteiger partial charge is 0.313 e. The van der Waals surface area contributed by atoms with Crippen molar-refractivity contribution in [2.45, 2.75) is 0 Å². The lowest BCUT2D eigenvalue weighted by Gasteiger charge is -1.79. The zero-order valence-electron chi connectivity index (χ0n) is 6.71. The van der Waals surface area contributed by atoms with E-state index in [1.807, 2.05) is 22.8 Å². The summed E-state index contributed by atoms with van der Waals surface area (Å²) in [6.07, 6.45) is 3.39. The van der Waals surface area contributed by atoms with Crippen molar-refractivity contribution in [2.75, 3.05) is 0 Å². The molecule has 0 atom stereocenters. The number of hydrogen-bond donors (Lipinski definition) is 0. The molecule has 0 N–H and O–H groups in total. The van der Waals surface area contributed by atoms with Crippen LogP contribution in [0.5, 0.6) is 0 Å². The summed E-state index contributed by atoms with van der Waals surface area (Å²) in [6, 6.07) is 8.20. The third-order valence-corrected chi connectivity index (χ3v) is 2.99. The second kappa shape index (κ2) is 2.47. The summed E-state index contributed by atoms with van der Waals surface area (Å²) in [5.74, 6) is 0. The van der Waals surface area contributed by atoms with Gasteiger partial charge < -0.3 is 0 Å². The number of fused-ring (bicyclic) bond motifs is 3. The van der Waals surface area contributed by atoms with E-state index in [-0.39, 0.29) is 0 Å². The summed E-state index contributed by atoms with van der Waals surface area (Å²) < 4.78 is 3.15. The van der Waals surface area contributed by atoms with E-state index in [2.05, 4.69) is 22.2 Å². The highest BCUT2D eigenvalue weighted by Gasteiger charge is 2.13. The van der Waals surface area contributed by atoms with Crippen LogP contribution >= 0.6 is 11.3 Å². The minimum atomic E-state index is 1.07. The molecule has 0 aliphatic rings. The Bertz CT molecular complexity index is 523. The van der Waals surface area contributed by atoms with Gasteiger partial charge in [0.2, 0.25) is 0 Å². The Morgan fingerprint density at radius 3 is 3.15 bits per heavy atom. The van der Waals surface area contributed by atoms with E-state index in [1.165, 1.54) is 4.70 Å². The predicted molar refractivity (Wildman–Crippen MR) is 50.6 cm³/mol. The Morgan fingerprint density at radius 1 is 1.23 bits per heavy atom. The van der Waals surface area contributed by atoms with Crippen molar-refractivity contribution >= 4 is 26.4 Å². The Kier molecular flexibility index (Phi) is 1.31. The maximum atomic E-state index is 4.19. The Labute approximate surface area is 78.3 Å². The number of nitrogens with zero attached hydrogens (tertiary/aromatic N) is 3. The van der Waals surface area contributed by atoms with Crippen molar-refractivity contribution < 1.29 is 4.52 Å². The molecule has 0 bridgehead atoms. The van der Waals surface area contributed by atoms with Gasteiger partial charge in [-0.05, 0) is 10.6 Å². The number of hydrogen-bond acceptors (Lipinski definition) is 3. The molecule has 0 aliphatic carbocycles. The summed E-state index contributed by atoms with van der Waals surface area (Å²) >= 11 is 1.70. The van der Waals surface area contributed by atoms with E-state index in [0.717, 1.165) is 10.3 Å². The van der Waals surface area contributed by atoms with Gasteiger partial charge in [-0.15, -0.1) is 0 Å². The molecule has 62 valence electrons. The molecular formula is C9H6N3S+. The van der Waals surface area contributed by atoms with Gasteiger partial charge in [0.1, 0.15) is 10.9 Å². The average Bonchev–Trinajstić information content (AvgIpc) is 2.56. The summed E-state index contributed by atoms with van der Waals surface area (Å²) in [5, 5.41) is 4.19. The minimum Gasteiger partial charge on any atom is -0.231 e. The maximum absolute atomic E-state index is 4.19. The van der Waals surface area contributed by atoms with Crippen LogP contribution in [0.3, 0.4) is 0 Å². The fourth-order valence-corrected chi connectivity index (χ4v) is 2.35. The van der Waals surface area contributed by atoms with E-state index in [0.29, 0.717) is 0 Å². The van der Waals surface area contributed by atoms with Gasteiger partial charge in [0.15, 0.2) is 6.33 Å². The van der Waals surface area contributed by atoms with Crippen molar-refractivity contribution in [1.82, 2.24) is 10.1 Å². The van der Waals surface area contributed by atoms with Gasteiger partial charge in [-0.1, -0.05) is 23.5 Å². The highest BCUT2D eigenvalue weighted by atomic mass is 32.1. The number of para-hydroxylation sites is 1. The zero-order chi connectivity index (χ0) is 8.67. The van der Waals surface area contributed by atoms with Crippen molar-refractivity contribution in [3.8, 4) is 0 Å². The third kappa shape index (κ3) is 0.922. The minimum absolute atomic E-state index is 1.07. The SMILES string of the molecule is c1ccc2c(c1)sc1cncn[n+]12. The molecular weight excluding hydrogens is 182 g/mol. The Hall–Kier alpha value is -1.55. The summed E-state index contributed by atoms with van der Waals surface area (Å²) in [5.41, 5.74) is 1.14. The molecule has 2 heterocycles. The second-order valence-corrected chi connectivity index (χ2v) is 3.79. The van der Waals surface area contributed by atoms with Gasteiger partial charge in [-0.2, -0.15) is 0 Å². The van der Waals surface area contributed by atoms with Crippen molar-refractivity contribution in [1.29, 1.82) is 0 Å². The van der Waals surface area contributed by atoms with Crippen molar-refractivity contribution in [3.63, 3.8) is 0 Å². The number of rotatable bonds is 0. The monoisotopic (exact) mass is 188 g/mol. The molecule has 0 saturated carbocycles. The van der Waals surface area contributed by atoms with Gasteiger partial charge in [0.05, 0.1) is 0 Å². The Balaban J connectivity index is 2.64. The summed E-state index contributed by atoms with van der Waals surface area (Å²) in [4.78, 5) is 5.06. The molecule has 3 aromatic rings. The van der Waals surface area contributed by atoms with Crippen molar-refractivity contribution in [2.24, 2.45) is 0 Å². The van der Waals surface area contributed by atoms with Gasteiger partial charge in [-0.3, -0.25) is 0 Å². The topological polar surface area (TPSA) is 29.9 Å². The molecule has 0 radical (unpaired) electrons. The molecule has 0 amide bonds. The van der Waals surface area contributed by atoms with Crippen LogP contribution in [0.25, 0.3) is 15.0 Å². The van der Waals surface area contributed by atoms with Crippen LogP contribution in [-0.2, 0) is 0 Å². The first kappa shape index (κ1) is 6.91. The van der Waals surface area contributed by atoms with Crippen LogP contribution in [0.4, 0.5) is 0 Å². The summed E-state index contributed by atoms with van der Waals surface area (Å²) in [7, 11) is 0. The van der Waals surface area contributed by atoms with Crippen LogP contribution in [0, 0.1) is 0 Å². The highest BCUT2D eigenvalue weighted by Crippen LogP contribution is 2.18. The molecule has 0 aliphatic heterocycles. The van der Waals surface area contributed by atoms with Gasteiger partial charge >= 0.3 is 4.83 Å². The van der Waals surface area contributed by atoms with Crippen LogP contribution in [0.15, 0.2) is 36.8 Å². The third-order valence-electron chi connectivity index (χ3n) is 1.94. The lowest BCUT2D eigenvalue weighted by molar-refractivity contribution is -0.550.